The molecule has 0 saturated heterocycles. The van der Waals surface area contributed by atoms with Crippen LogP contribution in [0.25, 0.3) is 0 Å². The van der Waals surface area contributed by atoms with Crippen LogP contribution < -0.4 is 10.1 Å². The number of halogens is 3. The van der Waals surface area contributed by atoms with Crippen molar-refractivity contribution in [2.24, 2.45) is 0 Å². The van der Waals surface area contributed by atoms with Crippen molar-refractivity contribution in [2.45, 2.75) is 6.42 Å². The molecule has 3 N–H and O–H groups in total. The lowest BCUT2D eigenvalue weighted by Gasteiger charge is -2.10. The molecule has 0 amide bonds. The Balaban J connectivity index is 0.000000688. The Morgan fingerprint density at radius 1 is 1.17 bits per heavy atom. The maximum Gasteiger partial charge on any atom is 0.414 e. The van der Waals surface area contributed by atoms with E-state index in [0.29, 0.717) is 27.4 Å². The predicted molar refractivity (Wildman–Crippen MR) is 89.9 cm³/mol. The fourth-order valence-electron chi connectivity index (χ4n) is 1.24. The number of aliphatic carboxylic acids is 2. The highest BCUT2D eigenvalue weighted by Crippen LogP contribution is 2.35. The van der Waals surface area contributed by atoms with Crippen LogP contribution in [0.3, 0.4) is 0 Å². The molecule has 6 nitrogen and oxygen atoms in total. The van der Waals surface area contributed by atoms with E-state index in [1.807, 2.05) is 6.08 Å². The van der Waals surface area contributed by atoms with Crippen molar-refractivity contribution in [1.29, 1.82) is 0 Å². The molecule has 0 unspecified atom stereocenters. The number of ether oxygens (including phenoxy) is 1. The molecule has 128 valence electrons. The van der Waals surface area contributed by atoms with Gasteiger partial charge in [-0.25, -0.2) is 9.59 Å². The van der Waals surface area contributed by atoms with E-state index in [0.717, 1.165) is 19.5 Å². The van der Waals surface area contributed by atoms with Crippen LogP contribution in [-0.4, -0.2) is 41.8 Å². The third-order valence-electron chi connectivity index (χ3n) is 2.18. The molecular formula is C14H16Cl3NO5. The standard InChI is InChI=1S/C12H14Cl3NO.C2H2O4/c1-2-4-16-5-3-6-17-12-10(14)7-9(13)8-11(12)15;3-1(4)2(5)6/h2,7-8,16H,1,3-6H2;(H,3,4)(H,5,6). The molecule has 1 rings (SSSR count). The smallest absolute Gasteiger partial charge is 0.414 e. The largest absolute Gasteiger partial charge is 0.490 e. The predicted octanol–water partition coefficient (Wildman–Crippen LogP) is 3.35. The van der Waals surface area contributed by atoms with E-state index < -0.39 is 11.9 Å². The first kappa shape index (κ1) is 21.5. The number of carboxylic acid groups (broad SMARTS) is 2. The summed E-state index contributed by atoms with van der Waals surface area (Å²) in [5.41, 5.74) is 0. The highest BCUT2D eigenvalue weighted by molar-refractivity contribution is 6.40. The minimum Gasteiger partial charge on any atom is -0.490 e. The van der Waals surface area contributed by atoms with E-state index >= 15 is 0 Å². The summed E-state index contributed by atoms with van der Waals surface area (Å²) in [7, 11) is 0. The first-order valence-electron chi connectivity index (χ1n) is 6.34. The van der Waals surface area contributed by atoms with Crippen LogP contribution in [0.4, 0.5) is 0 Å². The molecule has 0 aliphatic rings. The number of rotatable bonds is 7. The van der Waals surface area contributed by atoms with Crippen LogP contribution in [0, 0.1) is 0 Å². The monoisotopic (exact) mass is 383 g/mol. The number of carboxylic acids is 2. The fourth-order valence-corrected chi connectivity index (χ4v) is 2.17. The summed E-state index contributed by atoms with van der Waals surface area (Å²) in [5.74, 6) is -3.16. The van der Waals surface area contributed by atoms with Crippen molar-refractivity contribution in [2.75, 3.05) is 19.7 Å². The first-order chi connectivity index (χ1) is 10.8. The van der Waals surface area contributed by atoms with Gasteiger partial charge in [-0.2, -0.15) is 0 Å². The molecule has 0 bridgehead atoms. The summed E-state index contributed by atoms with van der Waals surface area (Å²) >= 11 is 17.7. The van der Waals surface area contributed by atoms with Gasteiger partial charge in [-0.05, 0) is 25.1 Å². The summed E-state index contributed by atoms with van der Waals surface area (Å²) in [6.45, 7) is 5.81. The van der Waals surface area contributed by atoms with Gasteiger partial charge in [0.1, 0.15) is 0 Å². The van der Waals surface area contributed by atoms with Crippen LogP contribution in [-0.2, 0) is 9.59 Å². The van der Waals surface area contributed by atoms with E-state index in [-0.39, 0.29) is 0 Å². The van der Waals surface area contributed by atoms with Gasteiger partial charge in [-0.1, -0.05) is 40.9 Å². The van der Waals surface area contributed by atoms with Crippen molar-refractivity contribution in [3.05, 3.63) is 39.9 Å². The zero-order chi connectivity index (χ0) is 17.8. The van der Waals surface area contributed by atoms with E-state index in [1.165, 1.54) is 0 Å². The summed E-state index contributed by atoms with van der Waals surface area (Å²) < 4.78 is 5.51. The van der Waals surface area contributed by atoms with Crippen LogP contribution in [0.1, 0.15) is 6.42 Å². The number of hydrogen-bond donors (Lipinski definition) is 3. The van der Waals surface area contributed by atoms with Gasteiger partial charge in [0, 0.05) is 11.6 Å². The van der Waals surface area contributed by atoms with Gasteiger partial charge >= 0.3 is 11.9 Å². The molecule has 9 heteroatoms. The van der Waals surface area contributed by atoms with Crippen molar-refractivity contribution >= 4 is 46.7 Å². The minimum absolute atomic E-state index is 0.432. The SMILES string of the molecule is C=CCNCCCOc1c(Cl)cc(Cl)cc1Cl.O=C(O)C(=O)O. The lowest BCUT2D eigenvalue weighted by atomic mass is 10.3. The number of hydrogen-bond acceptors (Lipinski definition) is 4. The first-order valence-corrected chi connectivity index (χ1v) is 7.48. The van der Waals surface area contributed by atoms with Crippen molar-refractivity contribution in [1.82, 2.24) is 5.32 Å². The van der Waals surface area contributed by atoms with Crippen LogP contribution >= 0.6 is 34.8 Å². The van der Waals surface area contributed by atoms with E-state index in [9.17, 15) is 0 Å². The van der Waals surface area contributed by atoms with Gasteiger partial charge in [0.15, 0.2) is 5.75 Å². The topological polar surface area (TPSA) is 95.9 Å². The molecule has 1 aromatic carbocycles. The van der Waals surface area contributed by atoms with Gasteiger partial charge in [0.05, 0.1) is 16.7 Å². The van der Waals surface area contributed by atoms with Gasteiger partial charge in [-0.15, -0.1) is 6.58 Å². The third-order valence-corrected chi connectivity index (χ3v) is 2.96. The van der Waals surface area contributed by atoms with Gasteiger partial charge in [0.2, 0.25) is 0 Å². The van der Waals surface area contributed by atoms with Crippen molar-refractivity contribution < 1.29 is 24.5 Å². The van der Waals surface area contributed by atoms with E-state index in [4.69, 9.17) is 59.3 Å². The molecular weight excluding hydrogens is 369 g/mol. The Bertz CT molecular complexity index is 516. The van der Waals surface area contributed by atoms with E-state index in [1.54, 1.807) is 12.1 Å². The second-order valence-corrected chi connectivity index (χ2v) is 5.25. The zero-order valence-electron chi connectivity index (χ0n) is 12.0. The molecule has 0 heterocycles. The second-order valence-electron chi connectivity index (χ2n) is 4.00. The van der Waals surface area contributed by atoms with Crippen LogP contribution in [0.5, 0.6) is 5.75 Å². The Morgan fingerprint density at radius 3 is 2.13 bits per heavy atom. The summed E-state index contributed by atoms with van der Waals surface area (Å²) in [5, 5.41) is 19.3. The molecule has 1 aromatic rings. The number of carbonyl (C=O) groups is 2. The Hall–Kier alpha value is -1.47. The quantitative estimate of drug-likeness (QED) is 0.379. The summed E-state index contributed by atoms with van der Waals surface area (Å²) in [6.07, 6.45) is 2.68. The molecule has 0 saturated carbocycles. The molecule has 0 fully saturated rings. The van der Waals surface area contributed by atoms with Crippen LogP contribution in [0.15, 0.2) is 24.8 Å². The lowest BCUT2D eigenvalue weighted by molar-refractivity contribution is -0.159. The summed E-state index contributed by atoms with van der Waals surface area (Å²) in [4.78, 5) is 18.2. The molecule has 23 heavy (non-hydrogen) atoms. The fraction of sp³-hybridized carbons (Fsp3) is 0.286. The third kappa shape index (κ3) is 10.0. The maximum atomic E-state index is 9.10. The normalized spacial score (nSPS) is 9.52. The molecule has 0 aliphatic heterocycles. The second kappa shape index (κ2) is 12.0. The van der Waals surface area contributed by atoms with Gasteiger partial charge in [-0.3, -0.25) is 0 Å². The molecule has 0 aliphatic carbocycles. The minimum atomic E-state index is -1.82. The maximum absolute atomic E-state index is 9.10. The van der Waals surface area contributed by atoms with Gasteiger partial charge < -0.3 is 20.3 Å². The Kier molecular flexibility index (Phi) is 11.2. The lowest BCUT2D eigenvalue weighted by Crippen LogP contribution is -2.17. The highest BCUT2D eigenvalue weighted by atomic mass is 35.5. The zero-order valence-corrected chi connectivity index (χ0v) is 14.3. The molecule has 0 atom stereocenters. The molecule has 0 radical (unpaired) electrons. The van der Waals surface area contributed by atoms with E-state index in [2.05, 4.69) is 11.9 Å². The Morgan fingerprint density at radius 2 is 1.70 bits per heavy atom. The molecule has 0 aromatic heterocycles. The average Bonchev–Trinajstić information content (AvgIpc) is 2.45. The molecule has 0 spiro atoms. The van der Waals surface area contributed by atoms with Crippen molar-refractivity contribution in [3.8, 4) is 5.75 Å². The average molecular weight is 385 g/mol. The number of nitrogens with one attached hydrogen (secondary N) is 1. The number of benzene rings is 1. The highest BCUT2D eigenvalue weighted by Gasteiger charge is 2.08. The van der Waals surface area contributed by atoms with Crippen molar-refractivity contribution in [3.63, 3.8) is 0 Å². The Labute approximate surface area is 148 Å². The van der Waals surface area contributed by atoms with Gasteiger partial charge in [0.25, 0.3) is 0 Å². The van der Waals surface area contributed by atoms with Crippen LogP contribution in [0.2, 0.25) is 15.1 Å². The summed E-state index contributed by atoms with van der Waals surface area (Å²) in [6, 6.07) is 3.22.